The second kappa shape index (κ2) is 7.16. The van der Waals surface area contributed by atoms with Crippen LogP contribution in [0.1, 0.15) is 34.1 Å². The van der Waals surface area contributed by atoms with E-state index in [0.29, 0.717) is 0 Å². The molecule has 0 aromatic rings. The van der Waals surface area contributed by atoms with Gasteiger partial charge in [0.25, 0.3) is 0 Å². The van der Waals surface area contributed by atoms with Crippen LogP contribution in [0.2, 0.25) is 0 Å². The first-order valence-corrected chi connectivity index (χ1v) is 8.61. The zero-order valence-electron chi connectivity index (χ0n) is 14.2. The monoisotopic (exact) mass is 363 g/mol. The molecule has 0 spiro atoms. The van der Waals surface area contributed by atoms with Crippen LogP contribution in [-0.4, -0.2) is 66.4 Å². The fourth-order valence-electron chi connectivity index (χ4n) is 3.02. The van der Waals surface area contributed by atoms with Crippen LogP contribution in [0.25, 0.3) is 0 Å². The number of nitrogens with one attached hydrogen (secondary N) is 2. The Balaban J connectivity index is 2.73. The fourth-order valence-corrected chi connectivity index (χ4v) is 5.32. The lowest BCUT2D eigenvalue weighted by Gasteiger charge is -2.56. The zero-order valence-corrected chi connectivity index (χ0v) is 15.0. The highest BCUT2D eigenvalue weighted by molar-refractivity contribution is 7.89. The number of carboxylic acids is 1. The summed E-state index contributed by atoms with van der Waals surface area (Å²) in [4.78, 5) is 34.6. The fraction of sp³-hybridized carbons (Fsp3) is 0.786. The molecule has 1 aliphatic heterocycles. The molecule has 1 saturated heterocycles. The lowest BCUT2D eigenvalue weighted by molar-refractivity contribution is -0.139. The summed E-state index contributed by atoms with van der Waals surface area (Å²) < 4.78 is 10.9. The van der Waals surface area contributed by atoms with Gasteiger partial charge in [-0.15, -0.1) is 0 Å². The summed E-state index contributed by atoms with van der Waals surface area (Å²) in [5, 5.41) is 22.9. The van der Waals surface area contributed by atoms with Gasteiger partial charge in [-0.1, -0.05) is 0 Å². The Hall–Kier alpha value is -1.52. The molecular weight excluding hydrogens is 338 g/mol. The van der Waals surface area contributed by atoms with Crippen molar-refractivity contribution < 1.29 is 28.8 Å². The largest absolute Gasteiger partial charge is 0.481 e. The van der Waals surface area contributed by atoms with Crippen molar-refractivity contribution >= 4 is 28.6 Å². The number of aliphatic hydroxyl groups excluding tert-OH is 1. The van der Waals surface area contributed by atoms with E-state index in [4.69, 9.17) is 10.8 Å². The molecule has 6 N–H and O–H groups in total. The Morgan fingerprint density at radius 3 is 2.08 bits per heavy atom. The number of carboxylic acid groups (broad SMARTS) is 1. The molecule has 0 saturated carbocycles. The van der Waals surface area contributed by atoms with Crippen molar-refractivity contribution in [2.24, 2.45) is 5.73 Å². The van der Waals surface area contributed by atoms with Gasteiger partial charge in [-0.25, -0.2) is 0 Å². The molecule has 0 aromatic carbocycles. The second-order valence-electron chi connectivity index (χ2n) is 6.87. The molecule has 1 aliphatic rings. The molecule has 0 aromatic heterocycles. The van der Waals surface area contributed by atoms with E-state index in [1.165, 1.54) is 0 Å². The summed E-state index contributed by atoms with van der Waals surface area (Å²) in [6, 6.07) is -3.00. The van der Waals surface area contributed by atoms with E-state index in [1.54, 1.807) is 27.7 Å². The Morgan fingerprint density at radius 2 is 1.67 bits per heavy atom. The maximum Gasteiger partial charge on any atom is 0.305 e. The van der Waals surface area contributed by atoms with E-state index in [9.17, 15) is 23.7 Å². The summed E-state index contributed by atoms with van der Waals surface area (Å²) in [5.41, 5.74) is 5.42. The van der Waals surface area contributed by atoms with Crippen LogP contribution in [0.15, 0.2) is 0 Å². The minimum Gasteiger partial charge on any atom is -0.481 e. The van der Waals surface area contributed by atoms with Crippen molar-refractivity contribution in [3.8, 4) is 0 Å². The molecule has 1 fully saturated rings. The minimum atomic E-state index is -1.33. The van der Waals surface area contributed by atoms with Gasteiger partial charge in [0.05, 0.1) is 34.6 Å². The van der Waals surface area contributed by atoms with Crippen molar-refractivity contribution in [3.05, 3.63) is 0 Å². The maximum atomic E-state index is 12.3. The SMILES string of the molecule is CC1(C)C(NC(=O)[C@@H](CO)NC(=O)[C@@H](N)CC(=O)O)C(C)(C)S1=O. The standard InChI is InChI=1S/C14H25N3O6S/c1-13(2)12(14(3,4)24(13)23)17-11(22)8(6-18)16-10(21)7(15)5-9(19)20/h7-8,12,18H,5-6,15H2,1-4H3,(H,16,21)(H,17,22)(H,19,20)/t7-,8+,12?,24?/m0/s1. The number of carbonyl (C=O) groups excluding carboxylic acids is 2. The van der Waals surface area contributed by atoms with Crippen LogP contribution in [0.4, 0.5) is 0 Å². The Bertz CT molecular complexity index is 545. The van der Waals surface area contributed by atoms with Crippen LogP contribution < -0.4 is 16.4 Å². The van der Waals surface area contributed by atoms with Gasteiger partial charge in [-0.2, -0.15) is 0 Å². The summed E-state index contributed by atoms with van der Waals surface area (Å²) in [6.07, 6.45) is -0.590. The van der Waals surface area contributed by atoms with Gasteiger partial charge in [0.15, 0.2) is 0 Å². The number of amides is 2. The molecule has 1 rings (SSSR count). The molecule has 138 valence electrons. The number of carbonyl (C=O) groups is 3. The van der Waals surface area contributed by atoms with Gasteiger partial charge < -0.3 is 26.6 Å². The highest BCUT2D eigenvalue weighted by Crippen LogP contribution is 2.44. The van der Waals surface area contributed by atoms with Crippen LogP contribution in [0, 0.1) is 0 Å². The summed E-state index contributed by atoms with van der Waals surface area (Å²) in [6.45, 7) is 6.36. The lowest BCUT2D eigenvalue weighted by atomic mass is 9.89. The van der Waals surface area contributed by atoms with E-state index in [-0.39, 0.29) is 0 Å². The Kier molecular flexibility index (Phi) is 6.12. The predicted octanol–water partition coefficient (Wildman–Crippen LogP) is -1.93. The third kappa shape index (κ3) is 3.93. The summed E-state index contributed by atoms with van der Waals surface area (Å²) in [7, 11) is -1.15. The molecule has 0 bridgehead atoms. The first-order valence-electron chi connectivity index (χ1n) is 7.46. The van der Waals surface area contributed by atoms with E-state index < -0.39 is 69.2 Å². The van der Waals surface area contributed by atoms with Crippen molar-refractivity contribution in [2.45, 2.75) is 61.7 Å². The first-order chi connectivity index (χ1) is 10.9. The van der Waals surface area contributed by atoms with Crippen molar-refractivity contribution in [1.82, 2.24) is 10.6 Å². The van der Waals surface area contributed by atoms with E-state index >= 15 is 0 Å². The number of hydrogen-bond acceptors (Lipinski definition) is 6. The van der Waals surface area contributed by atoms with Crippen molar-refractivity contribution in [3.63, 3.8) is 0 Å². The van der Waals surface area contributed by atoms with Gasteiger partial charge in [-0.05, 0) is 27.7 Å². The van der Waals surface area contributed by atoms with Crippen LogP contribution in [-0.2, 0) is 25.2 Å². The lowest BCUT2D eigenvalue weighted by Crippen LogP contribution is -2.76. The Morgan fingerprint density at radius 1 is 1.17 bits per heavy atom. The smallest absolute Gasteiger partial charge is 0.305 e. The molecule has 0 aliphatic carbocycles. The molecule has 2 atom stereocenters. The molecule has 1 heterocycles. The zero-order chi connectivity index (χ0) is 18.9. The maximum absolute atomic E-state index is 12.3. The number of hydrogen-bond donors (Lipinski definition) is 5. The van der Waals surface area contributed by atoms with Gasteiger partial charge in [0, 0.05) is 10.8 Å². The van der Waals surface area contributed by atoms with Crippen LogP contribution in [0.5, 0.6) is 0 Å². The molecule has 2 amide bonds. The number of aliphatic hydroxyl groups is 1. The van der Waals surface area contributed by atoms with Gasteiger partial charge >= 0.3 is 5.97 Å². The first kappa shape index (κ1) is 20.5. The number of rotatable bonds is 7. The van der Waals surface area contributed by atoms with Crippen LogP contribution >= 0.6 is 0 Å². The average molecular weight is 363 g/mol. The predicted molar refractivity (Wildman–Crippen MR) is 87.5 cm³/mol. The highest BCUT2D eigenvalue weighted by Gasteiger charge is 2.61. The number of nitrogens with two attached hydrogens (primary N) is 1. The summed E-state index contributed by atoms with van der Waals surface area (Å²) in [5.74, 6) is -2.73. The van der Waals surface area contributed by atoms with E-state index in [2.05, 4.69) is 10.6 Å². The molecule has 0 radical (unpaired) electrons. The van der Waals surface area contributed by atoms with E-state index in [1.807, 2.05) is 0 Å². The highest BCUT2D eigenvalue weighted by atomic mass is 32.2. The topological polar surface area (TPSA) is 159 Å². The van der Waals surface area contributed by atoms with Crippen LogP contribution in [0.3, 0.4) is 0 Å². The molecule has 0 unspecified atom stereocenters. The quantitative estimate of drug-likeness (QED) is 0.352. The molecule has 24 heavy (non-hydrogen) atoms. The molecular formula is C14H25N3O6S. The third-order valence-electron chi connectivity index (χ3n) is 4.18. The normalized spacial score (nSPS) is 26.6. The summed E-state index contributed by atoms with van der Waals surface area (Å²) >= 11 is 0. The van der Waals surface area contributed by atoms with Crippen molar-refractivity contribution in [1.29, 1.82) is 0 Å². The molecule has 10 heteroatoms. The third-order valence-corrected chi connectivity index (χ3v) is 6.56. The van der Waals surface area contributed by atoms with Crippen molar-refractivity contribution in [2.75, 3.05) is 6.61 Å². The van der Waals surface area contributed by atoms with Gasteiger partial charge in [-0.3, -0.25) is 18.6 Å². The van der Waals surface area contributed by atoms with E-state index in [0.717, 1.165) is 0 Å². The van der Waals surface area contributed by atoms with Gasteiger partial charge in [0.1, 0.15) is 6.04 Å². The molecule has 9 nitrogen and oxygen atoms in total. The average Bonchev–Trinajstić information content (AvgIpc) is 2.47. The van der Waals surface area contributed by atoms with Gasteiger partial charge in [0.2, 0.25) is 11.8 Å². The number of aliphatic carboxylic acids is 1. The minimum absolute atomic E-state index is 0.406. The Labute approximate surface area is 142 Å². The second-order valence-corrected chi connectivity index (χ2v) is 9.51.